The second-order valence-corrected chi connectivity index (χ2v) is 8.65. The number of carbonyl (C=O) groups excluding carboxylic acids is 1. The Kier molecular flexibility index (Phi) is 4.95. The van der Waals surface area contributed by atoms with Gasteiger partial charge >= 0.3 is 0 Å². The molecule has 0 spiro atoms. The van der Waals surface area contributed by atoms with Crippen molar-refractivity contribution in [3.05, 3.63) is 58.8 Å². The fourth-order valence-corrected chi connectivity index (χ4v) is 4.64. The molecule has 1 aromatic heterocycles. The van der Waals surface area contributed by atoms with E-state index in [0.717, 1.165) is 71.8 Å². The van der Waals surface area contributed by atoms with E-state index in [1.165, 1.54) is 12.7 Å². The van der Waals surface area contributed by atoms with Gasteiger partial charge in [0.25, 0.3) is 0 Å². The number of aromatic hydroxyl groups is 1. The monoisotopic (exact) mass is 434 g/mol. The van der Waals surface area contributed by atoms with E-state index < -0.39 is 5.41 Å². The van der Waals surface area contributed by atoms with Crippen molar-refractivity contribution in [3.63, 3.8) is 0 Å². The highest BCUT2D eigenvalue weighted by atomic mass is 35.5. The van der Waals surface area contributed by atoms with Crippen LogP contribution >= 0.6 is 11.6 Å². The van der Waals surface area contributed by atoms with Gasteiger partial charge < -0.3 is 20.0 Å². The zero-order valence-corrected chi connectivity index (χ0v) is 18.0. The summed E-state index contributed by atoms with van der Waals surface area (Å²) in [6, 6.07) is 9.59. The normalized spacial score (nSPS) is 17.3. The third kappa shape index (κ3) is 3.38. The summed E-state index contributed by atoms with van der Waals surface area (Å²) in [6.07, 6.45) is 7.84. The summed E-state index contributed by atoms with van der Waals surface area (Å²) in [7, 11) is 1.50. The molecular weight excluding hydrogens is 412 g/mol. The Hall–Kier alpha value is -2.89. The molecule has 2 heterocycles. The molecule has 2 aliphatic rings. The van der Waals surface area contributed by atoms with Crippen molar-refractivity contribution in [3.8, 4) is 22.6 Å². The number of ether oxygens (including phenoxy) is 1. The molecule has 1 fully saturated rings. The Labute approximate surface area is 185 Å². The molecule has 158 valence electrons. The maximum Gasteiger partial charge on any atom is 0.176 e. The zero-order chi connectivity index (χ0) is 21.6. The van der Waals surface area contributed by atoms with Crippen LogP contribution in [0, 0.1) is 0 Å². The Bertz CT molecular complexity index is 1230. The number of benzene rings is 2. The number of halogens is 1. The second-order valence-electron chi connectivity index (χ2n) is 8.25. The molecule has 1 saturated carbocycles. The van der Waals surface area contributed by atoms with E-state index >= 15 is 0 Å². The molecule has 0 radical (unpaired) electrons. The van der Waals surface area contributed by atoms with Crippen LogP contribution in [-0.2, 0) is 10.2 Å². The van der Waals surface area contributed by atoms with Crippen LogP contribution in [0.3, 0.4) is 0 Å². The molecule has 5 nitrogen and oxygen atoms in total. The lowest BCUT2D eigenvalue weighted by atomic mass is 9.85. The average molecular weight is 435 g/mol. The van der Waals surface area contributed by atoms with Gasteiger partial charge in [0.05, 0.1) is 23.1 Å². The van der Waals surface area contributed by atoms with Crippen molar-refractivity contribution in [1.82, 2.24) is 10.3 Å². The molecule has 5 rings (SSSR count). The number of rotatable bonds is 5. The van der Waals surface area contributed by atoms with Gasteiger partial charge in [-0.2, -0.15) is 0 Å². The van der Waals surface area contributed by atoms with Crippen LogP contribution in [0.1, 0.15) is 30.4 Å². The number of hydrogen-bond acceptors (Lipinski definition) is 5. The highest BCUT2D eigenvalue weighted by Gasteiger charge is 2.46. The Balaban J connectivity index is 1.75. The van der Waals surface area contributed by atoms with Crippen molar-refractivity contribution in [2.45, 2.75) is 24.7 Å². The van der Waals surface area contributed by atoms with E-state index in [1.54, 1.807) is 12.1 Å². The molecule has 0 bridgehead atoms. The van der Waals surface area contributed by atoms with Gasteiger partial charge in [0.1, 0.15) is 6.29 Å². The summed E-state index contributed by atoms with van der Waals surface area (Å²) in [6.45, 7) is 1.73. The number of phenolic OH excluding ortho intramolecular Hbond substituents is 1. The quantitative estimate of drug-likeness (QED) is 0.560. The SMILES string of the molecule is COc1cc(-c2ccc3ncc(C4(C=O)CC4)c(C4=CCNCC4)c3c2)cc(Cl)c1O. The molecule has 1 aliphatic carbocycles. The summed E-state index contributed by atoms with van der Waals surface area (Å²) in [5, 5.41) is 14.7. The first-order valence-corrected chi connectivity index (χ1v) is 10.8. The molecule has 2 N–H and O–H groups in total. The number of phenols is 1. The van der Waals surface area contributed by atoms with Crippen LogP contribution in [-0.4, -0.2) is 36.6 Å². The predicted molar refractivity (Wildman–Crippen MR) is 123 cm³/mol. The van der Waals surface area contributed by atoms with E-state index in [2.05, 4.69) is 17.5 Å². The molecule has 3 aromatic rings. The summed E-state index contributed by atoms with van der Waals surface area (Å²) < 4.78 is 5.28. The predicted octanol–water partition coefficient (Wildman–Crippen LogP) is 4.88. The number of aromatic nitrogens is 1. The Morgan fingerprint density at radius 3 is 2.74 bits per heavy atom. The number of aldehydes is 1. The third-order valence-electron chi connectivity index (χ3n) is 6.39. The van der Waals surface area contributed by atoms with E-state index in [4.69, 9.17) is 21.3 Å². The average Bonchev–Trinajstić information content (AvgIpc) is 3.61. The molecule has 0 atom stereocenters. The van der Waals surface area contributed by atoms with Gasteiger partial charge in [0.15, 0.2) is 11.5 Å². The van der Waals surface area contributed by atoms with E-state index in [9.17, 15) is 9.90 Å². The lowest BCUT2D eigenvalue weighted by Gasteiger charge is -2.22. The Morgan fingerprint density at radius 2 is 2.06 bits per heavy atom. The minimum absolute atomic E-state index is 0.0696. The first kappa shape index (κ1) is 20.0. The van der Waals surface area contributed by atoms with Gasteiger partial charge in [-0.05, 0) is 77.9 Å². The highest BCUT2D eigenvalue weighted by Crippen LogP contribution is 2.50. The number of methoxy groups -OCH3 is 1. The van der Waals surface area contributed by atoms with Gasteiger partial charge in [0.2, 0.25) is 0 Å². The highest BCUT2D eigenvalue weighted by molar-refractivity contribution is 6.32. The van der Waals surface area contributed by atoms with Gasteiger partial charge in [-0.15, -0.1) is 0 Å². The minimum atomic E-state index is -0.413. The molecule has 2 aromatic carbocycles. The van der Waals surface area contributed by atoms with Crippen LogP contribution in [0.4, 0.5) is 0 Å². The molecular formula is C25H23ClN2O3. The summed E-state index contributed by atoms with van der Waals surface area (Å²) in [5.41, 5.74) is 5.68. The van der Waals surface area contributed by atoms with Crippen LogP contribution in [0.15, 0.2) is 42.6 Å². The van der Waals surface area contributed by atoms with Crippen LogP contribution in [0.25, 0.3) is 27.6 Å². The topological polar surface area (TPSA) is 71.5 Å². The number of pyridine rings is 1. The number of fused-ring (bicyclic) bond motifs is 1. The van der Waals surface area contributed by atoms with Gasteiger partial charge in [-0.25, -0.2) is 0 Å². The molecule has 0 saturated heterocycles. The minimum Gasteiger partial charge on any atom is -0.503 e. The molecule has 1 aliphatic heterocycles. The lowest BCUT2D eigenvalue weighted by Crippen LogP contribution is -2.21. The van der Waals surface area contributed by atoms with Crippen molar-refractivity contribution in [2.24, 2.45) is 0 Å². The Morgan fingerprint density at radius 1 is 1.23 bits per heavy atom. The van der Waals surface area contributed by atoms with Crippen LogP contribution < -0.4 is 10.1 Å². The summed E-state index contributed by atoms with van der Waals surface area (Å²) in [4.78, 5) is 16.7. The molecule has 0 unspecified atom stereocenters. The molecule has 0 amide bonds. The van der Waals surface area contributed by atoms with Crippen molar-refractivity contribution >= 4 is 34.4 Å². The molecule has 6 heteroatoms. The maximum absolute atomic E-state index is 12.0. The first-order valence-electron chi connectivity index (χ1n) is 10.4. The van der Waals surface area contributed by atoms with E-state index in [1.807, 2.05) is 18.3 Å². The van der Waals surface area contributed by atoms with Crippen LogP contribution in [0.5, 0.6) is 11.5 Å². The fourth-order valence-electron chi connectivity index (χ4n) is 4.43. The van der Waals surface area contributed by atoms with Crippen LogP contribution in [0.2, 0.25) is 5.02 Å². The summed E-state index contributed by atoms with van der Waals surface area (Å²) >= 11 is 6.23. The van der Waals surface area contributed by atoms with E-state index in [0.29, 0.717) is 5.75 Å². The standard InChI is InChI=1S/C25H23ClN2O3/c1-31-22-12-17(11-20(26)24(22)30)16-2-3-21-18(10-16)23(15-4-8-27-9-5-15)19(13-28-21)25(14-29)6-7-25/h2-4,10-14,27,30H,5-9H2,1H3. The number of carbonyl (C=O) groups is 1. The van der Waals surface area contributed by atoms with Crippen molar-refractivity contribution in [1.29, 1.82) is 0 Å². The zero-order valence-electron chi connectivity index (χ0n) is 17.2. The van der Waals surface area contributed by atoms with Crippen molar-refractivity contribution < 1.29 is 14.6 Å². The maximum atomic E-state index is 12.0. The largest absolute Gasteiger partial charge is 0.503 e. The fraction of sp³-hybridized carbons (Fsp3) is 0.280. The molecule has 31 heavy (non-hydrogen) atoms. The number of nitrogens with one attached hydrogen (secondary N) is 1. The van der Waals surface area contributed by atoms with E-state index in [-0.39, 0.29) is 10.8 Å². The van der Waals surface area contributed by atoms with Gasteiger partial charge in [-0.1, -0.05) is 23.7 Å². The van der Waals surface area contributed by atoms with Crippen molar-refractivity contribution in [2.75, 3.05) is 20.2 Å². The summed E-state index contributed by atoms with van der Waals surface area (Å²) in [5.74, 6) is 0.258. The second kappa shape index (κ2) is 7.66. The van der Waals surface area contributed by atoms with Gasteiger partial charge in [-0.3, -0.25) is 4.98 Å². The smallest absolute Gasteiger partial charge is 0.176 e. The third-order valence-corrected chi connectivity index (χ3v) is 6.67. The number of nitrogens with zero attached hydrogens (tertiary/aromatic N) is 1. The van der Waals surface area contributed by atoms with Gasteiger partial charge in [0, 0.05) is 18.1 Å². The first-order chi connectivity index (χ1) is 15.1. The number of hydrogen-bond donors (Lipinski definition) is 2. The lowest BCUT2D eigenvalue weighted by molar-refractivity contribution is -0.109.